The van der Waals surface area contributed by atoms with Crippen molar-refractivity contribution in [1.29, 1.82) is 0 Å². The van der Waals surface area contributed by atoms with Crippen LogP contribution >= 0.6 is 0 Å². The first-order valence-electron chi connectivity index (χ1n) is 6.21. The first kappa shape index (κ1) is 11.7. The second-order valence-electron chi connectivity index (χ2n) is 4.65. The minimum atomic E-state index is 0.0533. The molecule has 0 aliphatic heterocycles. The molecule has 0 saturated heterocycles. The van der Waals surface area contributed by atoms with Gasteiger partial charge in [0.2, 0.25) is 0 Å². The van der Waals surface area contributed by atoms with Gasteiger partial charge in [0.1, 0.15) is 5.75 Å². The summed E-state index contributed by atoms with van der Waals surface area (Å²) in [5, 5.41) is 3.38. The van der Waals surface area contributed by atoms with Gasteiger partial charge in [0, 0.05) is 10.8 Å². The largest absolute Gasteiger partial charge is 0.497 e. The summed E-state index contributed by atoms with van der Waals surface area (Å²) in [5.74, 6) is 0.705. The van der Waals surface area contributed by atoms with Gasteiger partial charge in [0.05, 0.1) is 7.11 Å². The van der Waals surface area contributed by atoms with Gasteiger partial charge in [-0.1, -0.05) is 36.4 Å². The van der Waals surface area contributed by atoms with Crippen molar-refractivity contribution >= 4 is 21.5 Å². The van der Waals surface area contributed by atoms with Crippen molar-refractivity contribution in [3.05, 3.63) is 64.3 Å². The lowest BCUT2D eigenvalue weighted by Crippen LogP contribution is -1.99. The molecular formula is C17H14O2. The van der Waals surface area contributed by atoms with E-state index in [1.54, 1.807) is 13.2 Å². The van der Waals surface area contributed by atoms with E-state index in [2.05, 4.69) is 0 Å². The number of hydrogen-bond acceptors (Lipinski definition) is 2. The third-order valence-corrected chi connectivity index (χ3v) is 3.50. The second kappa shape index (κ2) is 4.39. The molecule has 0 aliphatic carbocycles. The molecule has 0 bridgehead atoms. The molecule has 0 atom stereocenters. The van der Waals surface area contributed by atoms with Crippen LogP contribution in [0.2, 0.25) is 0 Å². The Morgan fingerprint density at radius 3 is 2.47 bits per heavy atom. The van der Waals surface area contributed by atoms with Crippen molar-refractivity contribution in [3.63, 3.8) is 0 Å². The predicted octanol–water partition coefficient (Wildman–Crippen LogP) is 3.67. The standard InChI is InChI=1S/C17H14O2/c1-11-4-3-5-15-14(11)9-7-12-6-8-13(19-2)10-16(12)17(15)18/h3-10H,1-2H3. The van der Waals surface area contributed by atoms with Crippen LogP contribution in [0.4, 0.5) is 0 Å². The minimum Gasteiger partial charge on any atom is -0.497 e. The highest BCUT2D eigenvalue weighted by atomic mass is 16.5. The van der Waals surface area contributed by atoms with E-state index in [1.807, 2.05) is 49.4 Å². The normalized spacial score (nSPS) is 10.8. The third-order valence-electron chi connectivity index (χ3n) is 3.50. The maximum atomic E-state index is 12.7. The smallest absolute Gasteiger partial charge is 0.194 e. The van der Waals surface area contributed by atoms with Crippen LogP contribution in [-0.2, 0) is 0 Å². The molecule has 0 unspecified atom stereocenters. The molecule has 0 aliphatic rings. The van der Waals surface area contributed by atoms with Crippen LogP contribution in [0.1, 0.15) is 5.56 Å². The number of hydrogen-bond donors (Lipinski definition) is 0. The Kier molecular flexibility index (Phi) is 2.71. The fourth-order valence-corrected chi connectivity index (χ4v) is 2.42. The first-order chi connectivity index (χ1) is 9.20. The highest BCUT2D eigenvalue weighted by molar-refractivity contribution is 5.95. The molecule has 19 heavy (non-hydrogen) atoms. The van der Waals surface area contributed by atoms with Crippen molar-refractivity contribution < 1.29 is 4.74 Å². The third kappa shape index (κ3) is 1.85. The van der Waals surface area contributed by atoms with Crippen molar-refractivity contribution in [2.24, 2.45) is 0 Å². The van der Waals surface area contributed by atoms with E-state index in [-0.39, 0.29) is 5.43 Å². The first-order valence-corrected chi connectivity index (χ1v) is 6.21. The van der Waals surface area contributed by atoms with E-state index in [0.717, 1.165) is 21.7 Å². The summed E-state index contributed by atoms with van der Waals surface area (Å²) in [6.07, 6.45) is 0. The fraction of sp³-hybridized carbons (Fsp3) is 0.118. The Morgan fingerprint density at radius 1 is 0.895 bits per heavy atom. The van der Waals surface area contributed by atoms with Crippen molar-refractivity contribution in [2.75, 3.05) is 7.11 Å². The Morgan fingerprint density at radius 2 is 1.68 bits per heavy atom. The lowest BCUT2D eigenvalue weighted by molar-refractivity contribution is 0.415. The monoisotopic (exact) mass is 250 g/mol. The number of methoxy groups -OCH3 is 1. The van der Waals surface area contributed by atoms with Crippen LogP contribution < -0.4 is 10.2 Å². The topological polar surface area (TPSA) is 26.3 Å². The molecule has 0 fully saturated rings. The average Bonchev–Trinajstić information content (AvgIpc) is 2.58. The van der Waals surface area contributed by atoms with Crippen LogP contribution in [0.15, 0.2) is 53.3 Å². The van der Waals surface area contributed by atoms with Crippen LogP contribution in [0.3, 0.4) is 0 Å². The molecule has 0 saturated carbocycles. The summed E-state index contributed by atoms with van der Waals surface area (Å²) in [6.45, 7) is 2.02. The van der Waals surface area contributed by atoms with E-state index >= 15 is 0 Å². The SMILES string of the molecule is COc1ccc2ccc3c(C)cccc3c(=O)c2c1. The van der Waals surface area contributed by atoms with Crippen molar-refractivity contribution in [1.82, 2.24) is 0 Å². The van der Waals surface area contributed by atoms with Gasteiger partial charge >= 0.3 is 0 Å². The highest BCUT2D eigenvalue weighted by Gasteiger charge is 2.04. The zero-order valence-electron chi connectivity index (χ0n) is 10.9. The van der Waals surface area contributed by atoms with E-state index in [1.165, 1.54) is 0 Å². The van der Waals surface area contributed by atoms with E-state index < -0.39 is 0 Å². The van der Waals surface area contributed by atoms with Gasteiger partial charge in [-0.05, 0) is 35.4 Å². The molecule has 2 nitrogen and oxygen atoms in total. The maximum absolute atomic E-state index is 12.7. The Hall–Kier alpha value is -2.35. The molecule has 0 amide bonds. The number of fused-ring (bicyclic) bond motifs is 2. The average molecular weight is 250 g/mol. The van der Waals surface area contributed by atoms with Crippen LogP contribution in [0.25, 0.3) is 21.5 Å². The molecule has 2 heteroatoms. The van der Waals surface area contributed by atoms with E-state index in [0.29, 0.717) is 11.1 Å². The number of aryl methyl sites for hydroxylation is 1. The number of rotatable bonds is 1. The summed E-state index contributed by atoms with van der Waals surface area (Å²) < 4.78 is 5.20. The van der Waals surface area contributed by atoms with Gasteiger partial charge in [0.15, 0.2) is 5.43 Å². The van der Waals surface area contributed by atoms with Gasteiger partial charge in [0.25, 0.3) is 0 Å². The van der Waals surface area contributed by atoms with Gasteiger partial charge in [-0.15, -0.1) is 0 Å². The second-order valence-corrected chi connectivity index (χ2v) is 4.65. The quantitative estimate of drug-likeness (QED) is 0.658. The van der Waals surface area contributed by atoms with Crippen LogP contribution in [0, 0.1) is 6.92 Å². The molecule has 0 aromatic heterocycles. The molecule has 0 heterocycles. The Labute approximate surface area is 111 Å². The van der Waals surface area contributed by atoms with Gasteiger partial charge in [-0.25, -0.2) is 0 Å². The summed E-state index contributed by atoms with van der Waals surface area (Å²) in [7, 11) is 1.61. The summed E-state index contributed by atoms with van der Waals surface area (Å²) >= 11 is 0. The number of benzene rings is 2. The highest BCUT2D eigenvalue weighted by Crippen LogP contribution is 2.21. The molecule has 0 N–H and O–H groups in total. The Bertz CT molecular complexity index is 835. The van der Waals surface area contributed by atoms with Crippen molar-refractivity contribution in [3.8, 4) is 5.75 Å². The number of ether oxygens (including phenoxy) is 1. The molecule has 3 aromatic rings. The van der Waals surface area contributed by atoms with E-state index in [9.17, 15) is 4.79 Å². The molecular weight excluding hydrogens is 236 g/mol. The van der Waals surface area contributed by atoms with Crippen LogP contribution in [-0.4, -0.2) is 7.11 Å². The van der Waals surface area contributed by atoms with Gasteiger partial charge in [-0.3, -0.25) is 4.79 Å². The van der Waals surface area contributed by atoms with Gasteiger partial charge in [-0.2, -0.15) is 0 Å². The lowest BCUT2D eigenvalue weighted by Gasteiger charge is -1.99. The summed E-state index contributed by atoms with van der Waals surface area (Å²) in [4.78, 5) is 12.7. The summed E-state index contributed by atoms with van der Waals surface area (Å²) in [5.41, 5.74) is 1.17. The predicted molar refractivity (Wildman–Crippen MR) is 79.0 cm³/mol. The molecule has 0 spiro atoms. The molecule has 94 valence electrons. The van der Waals surface area contributed by atoms with Crippen molar-refractivity contribution in [2.45, 2.75) is 6.92 Å². The zero-order chi connectivity index (χ0) is 13.4. The molecule has 3 aromatic carbocycles. The summed E-state index contributed by atoms with van der Waals surface area (Å²) in [6, 6.07) is 15.4. The molecule has 0 radical (unpaired) electrons. The lowest BCUT2D eigenvalue weighted by atomic mass is 10.1. The fourth-order valence-electron chi connectivity index (χ4n) is 2.42. The molecule has 3 rings (SSSR count). The Balaban J connectivity index is 2.57. The van der Waals surface area contributed by atoms with Crippen LogP contribution in [0.5, 0.6) is 5.75 Å². The van der Waals surface area contributed by atoms with Gasteiger partial charge < -0.3 is 4.74 Å². The minimum absolute atomic E-state index is 0.0533. The zero-order valence-corrected chi connectivity index (χ0v) is 10.9. The maximum Gasteiger partial charge on any atom is 0.194 e. The van der Waals surface area contributed by atoms with E-state index in [4.69, 9.17) is 4.74 Å².